The van der Waals surface area contributed by atoms with Crippen molar-refractivity contribution in [2.45, 2.75) is 38.0 Å². The topological polar surface area (TPSA) is 58.2 Å². The van der Waals surface area contributed by atoms with Crippen LogP contribution in [0.5, 0.6) is 0 Å². The lowest BCUT2D eigenvalue weighted by Gasteiger charge is -2.15. The molecule has 0 saturated carbocycles. The summed E-state index contributed by atoms with van der Waals surface area (Å²) >= 11 is 0. The number of sulfonamides is 1. The molecule has 1 heterocycles. The van der Waals surface area contributed by atoms with Gasteiger partial charge in [-0.2, -0.15) is 0 Å². The highest BCUT2D eigenvalue weighted by atomic mass is 32.2. The minimum atomic E-state index is -3.08. The number of nitrogens with one attached hydrogen (secondary N) is 2. The molecular formula is C8H18N2O2S. The van der Waals surface area contributed by atoms with Crippen molar-refractivity contribution in [3.05, 3.63) is 0 Å². The fourth-order valence-corrected chi connectivity index (χ4v) is 3.04. The summed E-state index contributed by atoms with van der Waals surface area (Å²) in [4.78, 5) is 0. The van der Waals surface area contributed by atoms with E-state index in [2.05, 4.69) is 10.0 Å². The maximum absolute atomic E-state index is 11.7. The zero-order valence-electron chi connectivity index (χ0n) is 8.21. The zero-order chi connectivity index (χ0) is 9.90. The molecule has 0 radical (unpaired) electrons. The highest BCUT2D eigenvalue weighted by molar-refractivity contribution is 7.90. The normalized spacial score (nSPS) is 26.2. The molecular weight excluding hydrogens is 188 g/mol. The molecule has 0 aliphatic carbocycles. The van der Waals surface area contributed by atoms with Crippen molar-refractivity contribution in [3.63, 3.8) is 0 Å². The van der Waals surface area contributed by atoms with Gasteiger partial charge in [0.05, 0.1) is 5.25 Å². The van der Waals surface area contributed by atoms with Crippen LogP contribution in [0.2, 0.25) is 0 Å². The van der Waals surface area contributed by atoms with Crippen molar-refractivity contribution in [3.8, 4) is 0 Å². The average Bonchev–Trinajstić information content (AvgIpc) is 2.55. The van der Waals surface area contributed by atoms with Crippen molar-refractivity contribution in [2.24, 2.45) is 0 Å². The largest absolute Gasteiger partial charge is 0.315 e. The van der Waals surface area contributed by atoms with Crippen LogP contribution >= 0.6 is 0 Å². The summed E-state index contributed by atoms with van der Waals surface area (Å²) in [6, 6.07) is 0.0469. The van der Waals surface area contributed by atoms with Gasteiger partial charge in [-0.25, -0.2) is 13.1 Å². The summed E-state index contributed by atoms with van der Waals surface area (Å²) in [5, 5.41) is 2.82. The van der Waals surface area contributed by atoms with Gasteiger partial charge in [0.15, 0.2) is 0 Å². The molecule has 2 atom stereocenters. The van der Waals surface area contributed by atoms with Crippen molar-refractivity contribution < 1.29 is 8.42 Å². The molecule has 1 fully saturated rings. The van der Waals surface area contributed by atoms with Gasteiger partial charge in [0.1, 0.15) is 0 Å². The predicted molar refractivity (Wildman–Crippen MR) is 53.1 cm³/mol. The second-order valence-corrected chi connectivity index (χ2v) is 5.58. The van der Waals surface area contributed by atoms with E-state index >= 15 is 0 Å². The van der Waals surface area contributed by atoms with Crippen LogP contribution < -0.4 is 10.0 Å². The number of hydrogen-bond acceptors (Lipinski definition) is 3. The monoisotopic (exact) mass is 206 g/mol. The second kappa shape index (κ2) is 4.39. The van der Waals surface area contributed by atoms with E-state index in [9.17, 15) is 8.42 Å². The standard InChI is InChI=1S/C8H18N2O2S/c1-3-7(2)10-13(11,12)8-4-5-9-6-8/h7-10H,3-6H2,1-2H3. The third-order valence-corrected chi connectivity index (χ3v) is 4.44. The fraction of sp³-hybridized carbons (Fsp3) is 1.00. The summed E-state index contributed by atoms with van der Waals surface area (Å²) in [5.74, 6) is 0. The molecule has 1 aliphatic rings. The Hall–Kier alpha value is -0.130. The summed E-state index contributed by atoms with van der Waals surface area (Å²) in [6.07, 6.45) is 1.56. The van der Waals surface area contributed by atoms with E-state index in [0.29, 0.717) is 6.54 Å². The van der Waals surface area contributed by atoms with Gasteiger partial charge >= 0.3 is 0 Å². The molecule has 78 valence electrons. The molecule has 2 N–H and O–H groups in total. The predicted octanol–water partition coefficient (Wildman–Crippen LogP) is 0.0662. The lowest BCUT2D eigenvalue weighted by molar-refractivity contribution is 0.544. The first-order chi connectivity index (χ1) is 6.06. The molecule has 0 aromatic heterocycles. The quantitative estimate of drug-likeness (QED) is 0.684. The van der Waals surface area contributed by atoms with Gasteiger partial charge in [-0.15, -0.1) is 0 Å². The molecule has 0 aromatic rings. The van der Waals surface area contributed by atoms with E-state index in [1.54, 1.807) is 0 Å². The van der Waals surface area contributed by atoms with Crippen molar-refractivity contribution in [2.75, 3.05) is 13.1 Å². The van der Waals surface area contributed by atoms with Crippen LogP contribution in [-0.2, 0) is 10.0 Å². The molecule has 0 bridgehead atoms. The fourth-order valence-electron chi connectivity index (χ4n) is 1.35. The van der Waals surface area contributed by atoms with Gasteiger partial charge in [-0.3, -0.25) is 0 Å². The SMILES string of the molecule is CCC(C)NS(=O)(=O)C1CCNC1. The van der Waals surface area contributed by atoms with Gasteiger partial charge < -0.3 is 5.32 Å². The Morgan fingerprint density at radius 2 is 2.31 bits per heavy atom. The van der Waals surface area contributed by atoms with Crippen LogP contribution in [0.25, 0.3) is 0 Å². The molecule has 1 aliphatic heterocycles. The van der Waals surface area contributed by atoms with Gasteiger partial charge in [-0.1, -0.05) is 6.92 Å². The van der Waals surface area contributed by atoms with E-state index in [-0.39, 0.29) is 11.3 Å². The van der Waals surface area contributed by atoms with Crippen LogP contribution in [0, 0.1) is 0 Å². The Labute approximate surface area is 80.1 Å². The average molecular weight is 206 g/mol. The van der Waals surface area contributed by atoms with Crippen molar-refractivity contribution in [1.29, 1.82) is 0 Å². The van der Waals surface area contributed by atoms with Gasteiger partial charge in [0.25, 0.3) is 0 Å². The summed E-state index contributed by atoms with van der Waals surface area (Å²) < 4.78 is 26.0. The highest BCUT2D eigenvalue weighted by Crippen LogP contribution is 2.09. The lowest BCUT2D eigenvalue weighted by atomic mass is 10.3. The number of rotatable bonds is 4. The smallest absolute Gasteiger partial charge is 0.216 e. The van der Waals surface area contributed by atoms with E-state index in [0.717, 1.165) is 19.4 Å². The summed E-state index contributed by atoms with van der Waals surface area (Å²) in [6.45, 7) is 5.26. The highest BCUT2D eigenvalue weighted by Gasteiger charge is 2.28. The van der Waals surface area contributed by atoms with Crippen LogP contribution in [0.4, 0.5) is 0 Å². The maximum atomic E-state index is 11.7. The Morgan fingerprint density at radius 1 is 1.62 bits per heavy atom. The molecule has 1 saturated heterocycles. The van der Waals surface area contributed by atoms with Gasteiger partial charge in [0.2, 0.25) is 10.0 Å². The Balaban J connectivity index is 2.54. The first-order valence-corrected chi connectivity index (χ1v) is 6.32. The van der Waals surface area contributed by atoms with E-state index < -0.39 is 10.0 Å². The molecule has 4 nitrogen and oxygen atoms in total. The van der Waals surface area contributed by atoms with Crippen molar-refractivity contribution >= 4 is 10.0 Å². The third-order valence-electron chi connectivity index (χ3n) is 2.43. The zero-order valence-corrected chi connectivity index (χ0v) is 9.02. The van der Waals surface area contributed by atoms with Crippen LogP contribution in [-0.4, -0.2) is 32.8 Å². The third kappa shape index (κ3) is 2.93. The van der Waals surface area contributed by atoms with E-state index in [1.165, 1.54) is 0 Å². The molecule has 2 unspecified atom stereocenters. The van der Waals surface area contributed by atoms with Crippen molar-refractivity contribution in [1.82, 2.24) is 10.0 Å². The Bertz CT molecular complexity index is 245. The molecule has 0 amide bonds. The second-order valence-electron chi connectivity index (χ2n) is 3.59. The Kier molecular flexibility index (Phi) is 3.70. The molecule has 13 heavy (non-hydrogen) atoms. The molecule has 0 spiro atoms. The van der Waals surface area contributed by atoms with Gasteiger partial charge in [0, 0.05) is 12.6 Å². The maximum Gasteiger partial charge on any atom is 0.216 e. The minimum Gasteiger partial charge on any atom is -0.315 e. The molecule has 0 aromatic carbocycles. The summed E-state index contributed by atoms with van der Waals surface area (Å²) in [7, 11) is -3.08. The Morgan fingerprint density at radius 3 is 2.77 bits per heavy atom. The lowest BCUT2D eigenvalue weighted by Crippen LogP contribution is -2.40. The van der Waals surface area contributed by atoms with Crippen LogP contribution in [0.3, 0.4) is 0 Å². The van der Waals surface area contributed by atoms with Crippen LogP contribution in [0.15, 0.2) is 0 Å². The summed E-state index contributed by atoms with van der Waals surface area (Å²) in [5.41, 5.74) is 0. The first kappa shape index (κ1) is 10.9. The van der Waals surface area contributed by atoms with Gasteiger partial charge in [-0.05, 0) is 26.3 Å². The van der Waals surface area contributed by atoms with E-state index in [1.807, 2.05) is 13.8 Å². The first-order valence-electron chi connectivity index (χ1n) is 4.78. The minimum absolute atomic E-state index is 0.0469. The van der Waals surface area contributed by atoms with E-state index in [4.69, 9.17) is 0 Å². The molecule has 5 heteroatoms. The molecule has 1 rings (SSSR count). The van der Waals surface area contributed by atoms with Crippen LogP contribution in [0.1, 0.15) is 26.7 Å². The number of hydrogen-bond donors (Lipinski definition) is 2.